The van der Waals surface area contributed by atoms with Gasteiger partial charge in [-0.25, -0.2) is 4.98 Å². The zero-order valence-corrected chi connectivity index (χ0v) is 10.2. The molecule has 2 rings (SSSR count). The van der Waals surface area contributed by atoms with Gasteiger partial charge in [0.1, 0.15) is 12.2 Å². The summed E-state index contributed by atoms with van der Waals surface area (Å²) in [5, 5.41) is 12.0. The molecule has 0 radical (unpaired) electrons. The molecular weight excluding hydrogens is 234 g/mol. The molecular formula is C10H15N7O. The number of hydrogen-bond acceptors (Lipinski definition) is 7. The van der Waals surface area contributed by atoms with Gasteiger partial charge >= 0.3 is 0 Å². The van der Waals surface area contributed by atoms with Crippen molar-refractivity contribution < 1.29 is 4.74 Å². The first-order chi connectivity index (χ1) is 8.74. The molecule has 0 aliphatic heterocycles. The highest BCUT2D eigenvalue weighted by atomic mass is 16.5. The number of nitrogens with two attached hydrogens (primary N) is 1. The van der Waals surface area contributed by atoms with Crippen LogP contribution in [0.25, 0.3) is 0 Å². The number of hydrogen-bond donors (Lipinski definition) is 2. The quantitative estimate of drug-likeness (QED) is 0.536. The normalized spacial score (nSPS) is 12.4. The molecule has 0 aromatic carbocycles. The molecule has 8 nitrogen and oxygen atoms in total. The Bertz CT molecular complexity index is 495. The first-order valence-corrected chi connectivity index (χ1v) is 5.41. The SMILES string of the molecule is COc1ccc(C(Cc2ncnn2C)NN)nn1. The molecule has 1 unspecified atom stereocenters. The van der Waals surface area contributed by atoms with Gasteiger partial charge in [-0.15, -0.1) is 5.10 Å². The van der Waals surface area contributed by atoms with Crippen LogP contribution in [-0.2, 0) is 13.5 Å². The van der Waals surface area contributed by atoms with Gasteiger partial charge in [0.15, 0.2) is 0 Å². The molecule has 0 aliphatic carbocycles. The molecule has 8 heteroatoms. The van der Waals surface area contributed by atoms with E-state index in [9.17, 15) is 0 Å². The van der Waals surface area contributed by atoms with Gasteiger partial charge in [0.2, 0.25) is 5.88 Å². The van der Waals surface area contributed by atoms with Crippen LogP contribution in [0.1, 0.15) is 17.6 Å². The molecule has 2 aromatic rings. The number of rotatable bonds is 5. The molecule has 2 heterocycles. The Kier molecular flexibility index (Phi) is 3.80. The first-order valence-electron chi connectivity index (χ1n) is 5.41. The Labute approximate surface area is 104 Å². The van der Waals surface area contributed by atoms with Crippen LogP contribution in [0.15, 0.2) is 18.5 Å². The first kappa shape index (κ1) is 12.4. The molecule has 0 saturated heterocycles. The van der Waals surface area contributed by atoms with E-state index in [2.05, 4.69) is 25.7 Å². The van der Waals surface area contributed by atoms with E-state index in [1.807, 2.05) is 13.1 Å². The molecule has 1 atom stereocenters. The topological polar surface area (TPSA) is 104 Å². The number of hydrazine groups is 1. The van der Waals surface area contributed by atoms with Crippen LogP contribution in [0.2, 0.25) is 0 Å². The molecule has 18 heavy (non-hydrogen) atoms. The van der Waals surface area contributed by atoms with E-state index in [1.165, 1.54) is 6.33 Å². The zero-order valence-electron chi connectivity index (χ0n) is 10.2. The number of aromatic nitrogens is 5. The molecule has 0 fully saturated rings. The van der Waals surface area contributed by atoms with Gasteiger partial charge in [0.25, 0.3) is 0 Å². The van der Waals surface area contributed by atoms with Crippen LogP contribution in [0.4, 0.5) is 0 Å². The molecule has 0 aliphatic rings. The second kappa shape index (κ2) is 5.52. The van der Waals surface area contributed by atoms with Gasteiger partial charge in [0, 0.05) is 19.5 Å². The van der Waals surface area contributed by atoms with Crippen LogP contribution in [0.3, 0.4) is 0 Å². The summed E-state index contributed by atoms with van der Waals surface area (Å²) >= 11 is 0. The lowest BCUT2D eigenvalue weighted by molar-refractivity contribution is 0.388. The Morgan fingerprint density at radius 1 is 1.44 bits per heavy atom. The predicted molar refractivity (Wildman–Crippen MR) is 63.4 cm³/mol. The van der Waals surface area contributed by atoms with Crippen molar-refractivity contribution in [3.8, 4) is 5.88 Å². The summed E-state index contributed by atoms with van der Waals surface area (Å²) in [6, 6.07) is 3.38. The Morgan fingerprint density at radius 2 is 2.28 bits per heavy atom. The number of nitrogens with zero attached hydrogens (tertiary/aromatic N) is 5. The van der Waals surface area contributed by atoms with Crippen molar-refractivity contribution in [2.45, 2.75) is 12.5 Å². The van der Waals surface area contributed by atoms with Gasteiger partial charge in [-0.1, -0.05) is 0 Å². The number of ether oxygens (including phenoxy) is 1. The minimum atomic E-state index is -0.175. The predicted octanol–water partition coefficient (Wildman–Crippen LogP) is -0.639. The second-order valence-electron chi connectivity index (χ2n) is 3.72. The molecule has 0 spiro atoms. The number of methoxy groups -OCH3 is 1. The van der Waals surface area contributed by atoms with Crippen LogP contribution in [-0.4, -0.2) is 32.1 Å². The second-order valence-corrected chi connectivity index (χ2v) is 3.72. The van der Waals surface area contributed by atoms with Gasteiger partial charge < -0.3 is 4.74 Å². The lowest BCUT2D eigenvalue weighted by atomic mass is 10.1. The summed E-state index contributed by atoms with van der Waals surface area (Å²) in [5.74, 6) is 6.82. The van der Waals surface area contributed by atoms with Crippen molar-refractivity contribution in [3.63, 3.8) is 0 Å². The van der Waals surface area contributed by atoms with Gasteiger partial charge in [-0.2, -0.15) is 10.2 Å². The fourth-order valence-corrected chi connectivity index (χ4v) is 1.56. The summed E-state index contributed by atoms with van der Waals surface area (Å²) in [4.78, 5) is 4.15. The standard InChI is InChI=1S/C10H15N7O/c1-17-9(12-6-13-17)5-8(14-11)7-3-4-10(18-2)16-15-7/h3-4,6,8,14H,5,11H2,1-2H3. The minimum absolute atomic E-state index is 0.175. The number of nitrogens with one attached hydrogen (secondary N) is 1. The molecule has 0 bridgehead atoms. The van der Waals surface area contributed by atoms with Crippen LogP contribution in [0, 0.1) is 0 Å². The van der Waals surface area contributed by atoms with Crippen molar-refractivity contribution in [3.05, 3.63) is 30.0 Å². The van der Waals surface area contributed by atoms with Gasteiger partial charge in [0.05, 0.1) is 18.8 Å². The summed E-state index contributed by atoms with van der Waals surface area (Å²) in [6.45, 7) is 0. The van der Waals surface area contributed by atoms with E-state index in [4.69, 9.17) is 10.6 Å². The lowest BCUT2D eigenvalue weighted by Crippen LogP contribution is -2.31. The Balaban J connectivity index is 2.15. The molecule has 2 aromatic heterocycles. The fourth-order valence-electron chi connectivity index (χ4n) is 1.56. The van der Waals surface area contributed by atoms with E-state index < -0.39 is 0 Å². The van der Waals surface area contributed by atoms with Crippen molar-refractivity contribution in [1.29, 1.82) is 0 Å². The zero-order chi connectivity index (χ0) is 13.0. The van der Waals surface area contributed by atoms with Gasteiger partial charge in [-0.05, 0) is 6.07 Å². The highest BCUT2D eigenvalue weighted by molar-refractivity contribution is 5.15. The third-order valence-electron chi connectivity index (χ3n) is 2.62. The summed E-state index contributed by atoms with van der Waals surface area (Å²) in [6.07, 6.45) is 2.08. The highest BCUT2D eigenvalue weighted by Gasteiger charge is 2.15. The van der Waals surface area contributed by atoms with E-state index >= 15 is 0 Å². The lowest BCUT2D eigenvalue weighted by Gasteiger charge is -2.14. The van der Waals surface area contributed by atoms with Crippen molar-refractivity contribution in [2.75, 3.05) is 7.11 Å². The van der Waals surface area contributed by atoms with Crippen LogP contribution < -0.4 is 16.0 Å². The van der Waals surface area contributed by atoms with Crippen LogP contribution in [0.5, 0.6) is 5.88 Å². The van der Waals surface area contributed by atoms with Crippen molar-refractivity contribution in [2.24, 2.45) is 12.9 Å². The minimum Gasteiger partial charge on any atom is -0.480 e. The maximum Gasteiger partial charge on any atom is 0.233 e. The molecule has 3 N–H and O–H groups in total. The fraction of sp³-hybridized carbons (Fsp3) is 0.400. The van der Waals surface area contributed by atoms with E-state index in [0.717, 1.165) is 11.5 Å². The molecule has 96 valence electrons. The summed E-state index contributed by atoms with van der Waals surface area (Å²) in [5.41, 5.74) is 3.42. The summed E-state index contributed by atoms with van der Waals surface area (Å²) < 4.78 is 6.65. The average Bonchev–Trinajstić information content (AvgIpc) is 2.81. The monoisotopic (exact) mass is 249 g/mol. The third-order valence-corrected chi connectivity index (χ3v) is 2.62. The van der Waals surface area contributed by atoms with Crippen molar-refractivity contribution in [1.82, 2.24) is 30.4 Å². The smallest absolute Gasteiger partial charge is 0.233 e. The summed E-state index contributed by atoms with van der Waals surface area (Å²) in [7, 11) is 3.37. The Morgan fingerprint density at radius 3 is 2.78 bits per heavy atom. The maximum absolute atomic E-state index is 5.54. The van der Waals surface area contributed by atoms with Crippen molar-refractivity contribution >= 4 is 0 Å². The van der Waals surface area contributed by atoms with Crippen LogP contribution >= 0.6 is 0 Å². The molecule has 0 saturated carbocycles. The van der Waals surface area contributed by atoms with E-state index in [-0.39, 0.29) is 6.04 Å². The third kappa shape index (κ3) is 2.60. The maximum atomic E-state index is 5.54. The number of aryl methyl sites for hydroxylation is 1. The average molecular weight is 249 g/mol. The highest BCUT2D eigenvalue weighted by Crippen LogP contribution is 2.15. The van der Waals surface area contributed by atoms with E-state index in [0.29, 0.717) is 12.3 Å². The largest absolute Gasteiger partial charge is 0.480 e. The van der Waals surface area contributed by atoms with Gasteiger partial charge in [-0.3, -0.25) is 16.0 Å². The van der Waals surface area contributed by atoms with E-state index in [1.54, 1.807) is 17.9 Å². The Hall–Kier alpha value is -2.06. The molecule has 0 amide bonds.